The molecule has 3 saturated heterocycles. The molecule has 7 N–H and O–H groups in total. The maximum Gasteiger partial charge on any atom is 0.141 e. The highest BCUT2D eigenvalue weighted by Gasteiger charge is 2.44. The zero-order valence-electron chi connectivity index (χ0n) is 53.7. The van der Waals surface area contributed by atoms with Crippen LogP contribution in [0.5, 0.6) is 34.5 Å². The van der Waals surface area contributed by atoms with Crippen LogP contribution in [0.15, 0.2) is 218 Å². The van der Waals surface area contributed by atoms with Gasteiger partial charge in [-0.15, -0.1) is 0 Å². The molecule has 0 radical (unpaired) electrons. The number of rotatable bonds is 23. The van der Waals surface area contributed by atoms with Crippen molar-refractivity contribution in [3.05, 3.63) is 269 Å². The molecule has 9 atom stereocenters. The lowest BCUT2D eigenvalue weighted by atomic mass is 9.95. The lowest BCUT2D eigenvalue weighted by Gasteiger charge is -2.29. The molecule has 12 rings (SSSR count). The number of thioether (sulfide) groups is 3. The smallest absolute Gasteiger partial charge is 0.141 e. The fourth-order valence-electron chi connectivity index (χ4n) is 12.5. The SMILES string of the molecule is COc1ccc([C@@H]2[C@@H](CCCC(O)c3ccc(F)cc3)SC(=S)N2c2ccccc2)c(O)c1.COc1ccc([C@@H]2[C@@H](CCC[C@@H](O)c3ccc(F)cc3)SC(=S)N2c2ccccc2)c(O)c1.Oc1ccc(C2C(CCCC(O)c3ccc(F)cc3)SC(=S)N2c2ccccc2)c(O)c1. The number of phenols is 4. The number of hydrogen-bond acceptors (Lipinski definition) is 15. The lowest BCUT2D eigenvalue weighted by molar-refractivity contribution is 0.163. The first-order valence-electron chi connectivity index (χ1n) is 32.1. The van der Waals surface area contributed by atoms with Crippen molar-refractivity contribution in [3.8, 4) is 34.5 Å². The van der Waals surface area contributed by atoms with Crippen molar-refractivity contribution in [1.29, 1.82) is 0 Å². The first kappa shape index (κ1) is 72.9. The largest absolute Gasteiger partial charge is 0.508 e. The number of ether oxygens (including phenoxy) is 2. The number of aromatic hydroxyl groups is 4. The summed E-state index contributed by atoms with van der Waals surface area (Å²) >= 11 is 22.1. The Balaban J connectivity index is 0.000000159. The van der Waals surface area contributed by atoms with E-state index in [-0.39, 0.29) is 74.3 Å². The highest BCUT2D eigenvalue weighted by atomic mass is 32.2. The summed E-state index contributed by atoms with van der Waals surface area (Å²) in [5, 5.41) is 73.8. The molecule has 4 unspecified atom stereocenters. The van der Waals surface area contributed by atoms with E-state index in [0.717, 1.165) is 79.7 Å². The topological polar surface area (TPSA) is 170 Å². The van der Waals surface area contributed by atoms with Gasteiger partial charge in [0.1, 0.15) is 64.9 Å². The predicted molar refractivity (Wildman–Crippen MR) is 402 cm³/mol. The second kappa shape index (κ2) is 34.8. The van der Waals surface area contributed by atoms with Crippen LogP contribution in [0, 0.1) is 17.5 Å². The second-order valence-corrected chi connectivity index (χ2v) is 29.4. The standard InChI is InChI=1S/2C26H26FNO3S2.C25H24FNO3S2/c2*1-31-20-14-15-21(23(30)16-20)25-24(33-26(32)28(25)19-6-3-2-4-7-19)9-5-8-22(29)17-10-12-18(27)13-11-17;26-17-11-9-16(10-12-17)21(29)7-4-8-23-24(20-14-13-19(28)15-22(20)30)27(25(31)32-23)18-5-2-1-3-6-18/h2*2-4,6-7,10-16,22,24-25,29-30H,5,8-9H2,1H3;1-3,5-6,9-15,21,23-24,28-30H,4,7-8H2/t22?,24-,25-;22-,24-,25-;/m11./s1. The number of phenolic OH excluding ortho intramolecular Hbond substituents is 4. The number of aliphatic hydroxyl groups excluding tert-OH is 3. The summed E-state index contributed by atoms with van der Waals surface area (Å²) in [7, 11) is 3.14. The summed E-state index contributed by atoms with van der Waals surface area (Å²) in [6.45, 7) is 0. The van der Waals surface area contributed by atoms with Crippen LogP contribution in [0.25, 0.3) is 0 Å². The highest BCUT2D eigenvalue weighted by molar-refractivity contribution is 8.25. The van der Waals surface area contributed by atoms with E-state index < -0.39 is 18.3 Å². The highest BCUT2D eigenvalue weighted by Crippen LogP contribution is 2.52. The number of hydrogen-bond donors (Lipinski definition) is 7. The minimum Gasteiger partial charge on any atom is -0.508 e. The summed E-state index contributed by atoms with van der Waals surface area (Å²) in [5.41, 5.74) is 7.28. The van der Waals surface area contributed by atoms with Crippen LogP contribution in [0.4, 0.5) is 30.2 Å². The van der Waals surface area contributed by atoms with E-state index in [1.807, 2.05) is 120 Å². The Morgan fingerprint density at radius 2 is 0.653 bits per heavy atom. The number of para-hydroxylation sites is 3. The van der Waals surface area contributed by atoms with Gasteiger partial charge in [-0.2, -0.15) is 0 Å². The van der Waals surface area contributed by atoms with E-state index in [9.17, 15) is 48.9 Å². The Labute approximate surface area is 598 Å². The minimum atomic E-state index is -0.667. The van der Waals surface area contributed by atoms with E-state index in [0.29, 0.717) is 53.0 Å². The number of anilines is 3. The molecule has 98 heavy (non-hydrogen) atoms. The molecule has 3 fully saturated rings. The van der Waals surface area contributed by atoms with Gasteiger partial charge in [-0.3, -0.25) is 0 Å². The molecule has 3 aliphatic rings. The quantitative estimate of drug-likeness (QED) is 0.0302. The van der Waals surface area contributed by atoms with Crippen LogP contribution in [0.3, 0.4) is 0 Å². The first-order chi connectivity index (χ1) is 47.4. The van der Waals surface area contributed by atoms with Crippen LogP contribution < -0.4 is 24.2 Å². The molecule has 21 heteroatoms. The molecule has 0 aromatic heterocycles. The molecule has 0 saturated carbocycles. The summed E-state index contributed by atoms with van der Waals surface area (Å²) in [4.78, 5) is 6.25. The van der Waals surface area contributed by atoms with Gasteiger partial charge in [-0.1, -0.05) is 163 Å². The third kappa shape index (κ3) is 18.3. The Morgan fingerprint density at radius 1 is 0.378 bits per heavy atom. The van der Waals surface area contributed by atoms with E-state index in [1.165, 1.54) is 42.5 Å². The molecule has 9 aromatic carbocycles. The number of benzene rings is 9. The van der Waals surface area contributed by atoms with Gasteiger partial charge in [0, 0.05) is 67.7 Å². The zero-order chi connectivity index (χ0) is 69.4. The van der Waals surface area contributed by atoms with Crippen molar-refractivity contribution in [1.82, 2.24) is 0 Å². The Morgan fingerprint density at radius 3 is 0.918 bits per heavy atom. The second-order valence-electron chi connectivity index (χ2n) is 23.8. The fraction of sp³-hybridized carbons (Fsp3) is 0.260. The third-order valence-electron chi connectivity index (χ3n) is 17.4. The number of halogens is 3. The van der Waals surface area contributed by atoms with Gasteiger partial charge < -0.3 is 59.9 Å². The van der Waals surface area contributed by atoms with Crippen molar-refractivity contribution >= 4 is 102 Å². The maximum atomic E-state index is 13.2. The zero-order valence-corrected chi connectivity index (χ0v) is 58.6. The van der Waals surface area contributed by atoms with E-state index in [4.69, 9.17) is 46.1 Å². The number of nitrogens with zero attached hydrogens (tertiary/aromatic N) is 3. The molecule has 9 aromatic rings. The summed E-state index contributed by atoms with van der Waals surface area (Å²) in [5.74, 6) is 0.597. The molecular formula is C77H76F3N3O9S6. The normalized spacial score (nSPS) is 19.1. The van der Waals surface area contributed by atoms with Gasteiger partial charge in [0.15, 0.2) is 0 Å². The molecule has 3 aliphatic heterocycles. The Kier molecular flexibility index (Phi) is 25.9. The van der Waals surface area contributed by atoms with Crippen LogP contribution in [-0.2, 0) is 0 Å². The van der Waals surface area contributed by atoms with Gasteiger partial charge in [-0.25, -0.2) is 13.2 Å². The minimum absolute atomic E-state index is 0.00436. The molecule has 510 valence electrons. The molecule has 12 nitrogen and oxygen atoms in total. The Hall–Kier alpha value is -7.83. The monoisotopic (exact) mass is 1440 g/mol. The van der Waals surface area contributed by atoms with E-state index >= 15 is 0 Å². The molecular weight excluding hydrogens is 1360 g/mol. The van der Waals surface area contributed by atoms with Gasteiger partial charge in [0.2, 0.25) is 0 Å². The van der Waals surface area contributed by atoms with Gasteiger partial charge in [0.05, 0.1) is 50.7 Å². The summed E-state index contributed by atoms with van der Waals surface area (Å²) < 4.78 is 52.2. The van der Waals surface area contributed by atoms with Crippen molar-refractivity contribution in [2.45, 2.75) is 110 Å². The van der Waals surface area contributed by atoms with Gasteiger partial charge in [-0.05, 0) is 184 Å². The van der Waals surface area contributed by atoms with Gasteiger partial charge >= 0.3 is 0 Å². The van der Waals surface area contributed by atoms with Crippen molar-refractivity contribution < 1.29 is 58.4 Å². The molecule has 0 spiro atoms. The van der Waals surface area contributed by atoms with E-state index in [1.54, 1.807) is 110 Å². The average molecular weight is 1440 g/mol. The predicted octanol–water partition coefficient (Wildman–Crippen LogP) is 18.9. The van der Waals surface area contributed by atoms with Crippen LogP contribution in [0.1, 0.15) is 128 Å². The molecule has 0 aliphatic carbocycles. The summed E-state index contributed by atoms with van der Waals surface area (Å²) in [6, 6.07) is 62.4. The van der Waals surface area contributed by atoms with Crippen LogP contribution in [0.2, 0.25) is 0 Å². The number of aliphatic hydroxyl groups is 3. The number of methoxy groups -OCH3 is 2. The van der Waals surface area contributed by atoms with Crippen molar-refractivity contribution in [2.75, 3.05) is 28.9 Å². The van der Waals surface area contributed by atoms with Crippen molar-refractivity contribution in [2.24, 2.45) is 0 Å². The van der Waals surface area contributed by atoms with Crippen LogP contribution >= 0.6 is 71.9 Å². The van der Waals surface area contributed by atoms with Gasteiger partial charge in [0.25, 0.3) is 0 Å². The third-order valence-corrected chi connectivity index (χ3v) is 22.5. The average Bonchev–Trinajstić information content (AvgIpc) is 1.60. The Bertz CT molecular complexity index is 3930. The van der Waals surface area contributed by atoms with Crippen molar-refractivity contribution in [3.63, 3.8) is 0 Å². The van der Waals surface area contributed by atoms with Crippen LogP contribution in [-0.4, -0.2) is 78.7 Å². The van der Waals surface area contributed by atoms with E-state index in [2.05, 4.69) is 9.80 Å². The molecule has 3 heterocycles. The lowest BCUT2D eigenvalue weighted by Crippen LogP contribution is -2.29. The number of thiocarbonyl (C=S) groups is 3. The first-order valence-corrected chi connectivity index (χ1v) is 36.0. The molecule has 0 amide bonds. The fourth-order valence-corrected chi connectivity index (χ4v) is 18.1. The maximum absolute atomic E-state index is 13.2. The summed E-state index contributed by atoms with van der Waals surface area (Å²) in [6.07, 6.45) is 4.28. The molecule has 0 bridgehead atoms.